The maximum Gasteiger partial charge on any atom is 0.252 e. The van der Waals surface area contributed by atoms with Crippen LogP contribution < -0.4 is 5.32 Å². The molecule has 94 valence electrons. The van der Waals surface area contributed by atoms with Gasteiger partial charge < -0.3 is 10.4 Å². The molecule has 0 saturated carbocycles. The quantitative estimate of drug-likeness (QED) is 0.871. The molecule has 1 aromatic rings. The van der Waals surface area contributed by atoms with E-state index in [1.807, 2.05) is 13.8 Å². The van der Waals surface area contributed by atoms with Gasteiger partial charge in [-0.2, -0.15) is 0 Å². The molecule has 1 unspecified atom stereocenters. The Kier molecular flexibility index (Phi) is 4.90. The van der Waals surface area contributed by atoms with Crippen molar-refractivity contribution < 1.29 is 14.3 Å². The van der Waals surface area contributed by atoms with Gasteiger partial charge in [0.2, 0.25) is 0 Å². The van der Waals surface area contributed by atoms with Crippen LogP contribution in [0.2, 0.25) is 5.02 Å². The molecule has 0 aliphatic heterocycles. The minimum absolute atomic E-state index is 0.0546. The van der Waals surface area contributed by atoms with Crippen LogP contribution in [-0.2, 0) is 0 Å². The number of aliphatic hydroxyl groups is 1. The third-order valence-electron chi connectivity index (χ3n) is 2.42. The Morgan fingerprint density at radius 3 is 2.71 bits per heavy atom. The Labute approximate surface area is 105 Å². The summed E-state index contributed by atoms with van der Waals surface area (Å²) < 4.78 is 12.8. The van der Waals surface area contributed by atoms with Crippen molar-refractivity contribution in [3.05, 3.63) is 34.6 Å². The Bertz CT molecular complexity index is 409. The Morgan fingerprint density at radius 2 is 2.18 bits per heavy atom. The number of rotatable bonds is 4. The van der Waals surface area contributed by atoms with Gasteiger partial charge >= 0.3 is 0 Å². The first-order valence-corrected chi connectivity index (χ1v) is 5.71. The number of benzene rings is 1. The number of hydrogen-bond acceptors (Lipinski definition) is 2. The molecular weight excluding hydrogens is 245 g/mol. The largest absolute Gasteiger partial charge is 0.391 e. The molecule has 1 atom stereocenters. The molecule has 0 aromatic heterocycles. The summed E-state index contributed by atoms with van der Waals surface area (Å²) >= 11 is 5.74. The standard InChI is InChI=1S/C12H15ClFNO2/c1-7(2)11(16)6-15-12(17)9-4-3-8(14)5-10(9)13/h3-5,7,11,16H,6H2,1-2H3,(H,15,17). The lowest BCUT2D eigenvalue weighted by atomic mass is 10.1. The summed E-state index contributed by atoms with van der Waals surface area (Å²) in [7, 11) is 0. The summed E-state index contributed by atoms with van der Waals surface area (Å²) in [5.41, 5.74) is 0.198. The highest BCUT2D eigenvalue weighted by molar-refractivity contribution is 6.33. The molecule has 1 rings (SSSR count). The summed E-state index contributed by atoms with van der Waals surface area (Å²) in [5.74, 6) is -0.859. The topological polar surface area (TPSA) is 49.3 Å². The van der Waals surface area contributed by atoms with Crippen molar-refractivity contribution >= 4 is 17.5 Å². The van der Waals surface area contributed by atoms with Crippen LogP contribution in [0.25, 0.3) is 0 Å². The molecule has 0 bridgehead atoms. The number of nitrogens with one attached hydrogen (secondary N) is 1. The maximum atomic E-state index is 12.8. The number of amides is 1. The Hall–Kier alpha value is -1.13. The van der Waals surface area contributed by atoms with Gasteiger partial charge in [-0.25, -0.2) is 4.39 Å². The van der Waals surface area contributed by atoms with E-state index in [0.717, 1.165) is 6.07 Å². The van der Waals surface area contributed by atoms with Gasteiger partial charge in [-0.05, 0) is 24.1 Å². The smallest absolute Gasteiger partial charge is 0.252 e. The summed E-state index contributed by atoms with van der Waals surface area (Å²) in [6.45, 7) is 3.84. The summed E-state index contributed by atoms with van der Waals surface area (Å²) in [5, 5.41) is 12.1. The van der Waals surface area contributed by atoms with Gasteiger partial charge in [0.1, 0.15) is 5.82 Å². The van der Waals surface area contributed by atoms with E-state index in [0.29, 0.717) is 0 Å². The first-order chi connectivity index (χ1) is 7.91. The number of halogens is 2. The van der Waals surface area contributed by atoms with Crippen LogP contribution in [-0.4, -0.2) is 23.7 Å². The molecule has 5 heteroatoms. The fourth-order valence-corrected chi connectivity index (χ4v) is 1.45. The van der Waals surface area contributed by atoms with Gasteiger partial charge in [0.25, 0.3) is 5.91 Å². The molecule has 0 saturated heterocycles. The molecule has 0 radical (unpaired) electrons. The zero-order chi connectivity index (χ0) is 13.0. The van der Waals surface area contributed by atoms with Crippen LogP contribution in [0.1, 0.15) is 24.2 Å². The second-order valence-electron chi connectivity index (χ2n) is 4.15. The second kappa shape index (κ2) is 5.98. The van der Waals surface area contributed by atoms with Crippen LogP contribution >= 0.6 is 11.6 Å². The van der Waals surface area contributed by atoms with E-state index in [1.165, 1.54) is 12.1 Å². The van der Waals surface area contributed by atoms with Crippen LogP contribution in [0.5, 0.6) is 0 Å². The monoisotopic (exact) mass is 259 g/mol. The predicted octanol–water partition coefficient (Wildman–Crippen LogP) is 2.23. The summed E-state index contributed by atoms with van der Waals surface area (Å²) in [6, 6.07) is 3.56. The molecule has 1 amide bonds. The average molecular weight is 260 g/mol. The molecule has 2 N–H and O–H groups in total. The Morgan fingerprint density at radius 1 is 1.53 bits per heavy atom. The zero-order valence-electron chi connectivity index (χ0n) is 9.71. The first kappa shape index (κ1) is 13.9. The third kappa shape index (κ3) is 3.98. The average Bonchev–Trinajstić information content (AvgIpc) is 2.25. The highest BCUT2D eigenvalue weighted by atomic mass is 35.5. The zero-order valence-corrected chi connectivity index (χ0v) is 10.5. The van der Waals surface area contributed by atoms with Gasteiger partial charge in [0.05, 0.1) is 16.7 Å². The fourth-order valence-electron chi connectivity index (χ4n) is 1.20. The van der Waals surface area contributed by atoms with Gasteiger partial charge in [-0.15, -0.1) is 0 Å². The van der Waals surface area contributed by atoms with Gasteiger partial charge in [0.15, 0.2) is 0 Å². The van der Waals surface area contributed by atoms with E-state index in [1.54, 1.807) is 0 Å². The van der Waals surface area contributed by atoms with E-state index < -0.39 is 17.8 Å². The third-order valence-corrected chi connectivity index (χ3v) is 2.73. The summed E-state index contributed by atoms with van der Waals surface area (Å²) in [4.78, 5) is 11.7. The van der Waals surface area contributed by atoms with E-state index >= 15 is 0 Å². The van der Waals surface area contributed by atoms with Crippen molar-refractivity contribution in [3.63, 3.8) is 0 Å². The number of hydrogen-bond donors (Lipinski definition) is 2. The van der Waals surface area contributed by atoms with Crippen molar-refractivity contribution in [1.82, 2.24) is 5.32 Å². The number of carbonyl (C=O) groups is 1. The molecule has 3 nitrogen and oxygen atoms in total. The molecule has 0 fully saturated rings. The second-order valence-corrected chi connectivity index (χ2v) is 4.55. The normalized spacial score (nSPS) is 12.6. The molecule has 0 spiro atoms. The SMILES string of the molecule is CC(C)C(O)CNC(=O)c1ccc(F)cc1Cl. The predicted molar refractivity (Wildman–Crippen MR) is 64.6 cm³/mol. The minimum Gasteiger partial charge on any atom is -0.391 e. The first-order valence-electron chi connectivity index (χ1n) is 5.33. The molecule has 0 aliphatic rings. The van der Waals surface area contributed by atoms with Crippen molar-refractivity contribution in [2.45, 2.75) is 20.0 Å². The van der Waals surface area contributed by atoms with Gasteiger partial charge in [0, 0.05) is 6.54 Å². The lowest BCUT2D eigenvalue weighted by Crippen LogP contribution is -2.34. The number of aliphatic hydroxyl groups excluding tert-OH is 1. The van der Waals surface area contributed by atoms with E-state index in [2.05, 4.69) is 5.32 Å². The van der Waals surface area contributed by atoms with Crippen molar-refractivity contribution in [1.29, 1.82) is 0 Å². The van der Waals surface area contributed by atoms with Crippen molar-refractivity contribution in [2.75, 3.05) is 6.54 Å². The maximum absolute atomic E-state index is 12.8. The lowest BCUT2D eigenvalue weighted by molar-refractivity contribution is 0.0871. The molecular formula is C12H15ClFNO2. The Balaban J connectivity index is 2.64. The molecule has 1 aromatic carbocycles. The molecule has 0 aliphatic carbocycles. The lowest BCUT2D eigenvalue weighted by Gasteiger charge is -2.15. The summed E-state index contributed by atoms with van der Waals surface area (Å²) in [6.07, 6.45) is -0.613. The van der Waals surface area contributed by atoms with Crippen LogP contribution in [0.4, 0.5) is 4.39 Å². The number of carbonyl (C=O) groups excluding carboxylic acids is 1. The highest BCUT2D eigenvalue weighted by Gasteiger charge is 2.14. The van der Waals surface area contributed by atoms with Crippen molar-refractivity contribution in [2.24, 2.45) is 5.92 Å². The van der Waals surface area contributed by atoms with E-state index in [4.69, 9.17) is 11.6 Å². The van der Waals surface area contributed by atoms with Crippen LogP contribution in [0.3, 0.4) is 0 Å². The molecule has 17 heavy (non-hydrogen) atoms. The van der Waals surface area contributed by atoms with Crippen LogP contribution in [0, 0.1) is 11.7 Å². The van der Waals surface area contributed by atoms with Gasteiger partial charge in [-0.3, -0.25) is 4.79 Å². The molecule has 0 heterocycles. The van der Waals surface area contributed by atoms with E-state index in [9.17, 15) is 14.3 Å². The van der Waals surface area contributed by atoms with Gasteiger partial charge in [-0.1, -0.05) is 25.4 Å². The van der Waals surface area contributed by atoms with Crippen LogP contribution in [0.15, 0.2) is 18.2 Å². The highest BCUT2D eigenvalue weighted by Crippen LogP contribution is 2.17. The minimum atomic E-state index is -0.613. The van der Waals surface area contributed by atoms with Crippen molar-refractivity contribution in [3.8, 4) is 0 Å². The fraction of sp³-hybridized carbons (Fsp3) is 0.417. The van der Waals surface area contributed by atoms with E-state index in [-0.39, 0.29) is 23.0 Å².